The summed E-state index contributed by atoms with van der Waals surface area (Å²) in [4.78, 5) is 11.8. The van der Waals surface area contributed by atoms with Crippen molar-refractivity contribution in [1.82, 2.24) is 5.32 Å². The molecule has 20 heavy (non-hydrogen) atoms. The zero-order valence-electron chi connectivity index (χ0n) is 12.3. The van der Waals surface area contributed by atoms with Gasteiger partial charge < -0.3 is 15.8 Å². The van der Waals surface area contributed by atoms with Crippen LogP contribution < -0.4 is 15.8 Å². The fraction of sp³-hybridized carbons (Fsp3) is 0.533. The maximum atomic E-state index is 13.2. The molecule has 0 spiro atoms. The molecule has 1 aromatic rings. The molecule has 1 rings (SSSR count). The zero-order chi connectivity index (χ0) is 15.1. The van der Waals surface area contributed by atoms with E-state index in [0.717, 1.165) is 12.8 Å². The number of hydrogen-bond donors (Lipinski definition) is 2. The molecule has 0 bridgehead atoms. The molecule has 0 radical (unpaired) electrons. The van der Waals surface area contributed by atoms with Gasteiger partial charge in [0.15, 0.2) is 6.10 Å². The Bertz CT molecular complexity index is 449. The van der Waals surface area contributed by atoms with E-state index >= 15 is 0 Å². The summed E-state index contributed by atoms with van der Waals surface area (Å²) in [7, 11) is 0. The summed E-state index contributed by atoms with van der Waals surface area (Å²) in [6.07, 6.45) is 1.30. The molecule has 5 heteroatoms. The van der Waals surface area contributed by atoms with Gasteiger partial charge >= 0.3 is 0 Å². The first-order chi connectivity index (χ1) is 9.45. The lowest BCUT2D eigenvalue weighted by molar-refractivity contribution is -0.127. The van der Waals surface area contributed by atoms with Crippen LogP contribution in [0.5, 0.6) is 5.75 Å². The van der Waals surface area contributed by atoms with Crippen LogP contribution in [-0.2, 0) is 4.79 Å². The van der Waals surface area contributed by atoms with Crippen LogP contribution >= 0.6 is 0 Å². The smallest absolute Gasteiger partial charge is 0.260 e. The van der Waals surface area contributed by atoms with E-state index in [1.54, 1.807) is 13.8 Å². The maximum absolute atomic E-state index is 13.2. The Morgan fingerprint density at radius 3 is 2.75 bits per heavy atom. The first-order valence-electron chi connectivity index (χ1n) is 6.95. The second kappa shape index (κ2) is 7.85. The Labute approximate surface area is 119 Å². The SMILES string of the molecule is CCCCNC(=O)C(C)Oc1ccc(F)cc1C(C)N. The van der Waals surface area contributed by atoms with Crippen LogP contribution in [0, 0.1) is 5.82 Å². The summed E-state index contributed by atoms with van der Waals surface area (Å²) in [5.41, 5.74) is 6.34. The number of unbranched alkanes of at least 4 members (excludes halogenated alkanes) is 1. The number of ether oxygens (including phenoxy) is 1. The Kier molecular flexibility index (Phi) is 6.45. The molecule has 112 valence electrons. The van der Waals surface area contributed by atoms with Crippen molar-refractivity contribution in [3.63, 3.8) is 0 Å². The highest BCUT2D eigenvalue weighted by atomic mass is 19.1. The molecule has 0 aliphatic carbocycles. The van der Waals surface area contributed by atoms with Gasteiger partial charge in [-0.15, -0.1) is 0 Å². The third-order valence-corrected chi connectivity index (χ3v) is 2.96. The number of carbonyl (C=O) groups is 1. The lowest BCUT2D eigenvalue weighted by Gasteiger charge is -2.18. The molecule has 0 fully saturated rings. The van der Waals surface area contributed by atoms with E-state index in [2.05, 4.69) is 12.2 Å². The van der Waals surface area contributed by atoms with Gasteiger partial charge in [-0.25, -0.2) is 4.39 Å². The molecule has 0 saturated heterocycles. The normalized spacial score (nSPS) is 13.7. The topological polar surface area (TPSA) is 64.3 Å². The molecule has 2 unspecified atom stereocenters. The summed E-state index contributed by atoms with van der Waals surface area (Å²) in [5, 5.41) is 2.79. The standard InChI is InChI=1S/C15H23FN2O2/c1-4-5-8-18-15(19)11(3)20-14-7-6-12(16)9-13(14)10(2)17/h6-7,9-11H,4-5,8,17H2,1-3H3,(H,18,19). The largest absolute Gasteiger partial charge is 0.481 e. The summed E-state index contributed by atoms with van der Waals surface area (Å²) in [6.45, 7) is 6.09. The van der Waals surface area contributed by atoms with E-state index in [1.165, 1.54) is 18.2 Å². The molecule has 0 aliphatic rings. The Morgan fingerprint density at radius 1 is 1.45 bits per heavy atom. The minimum absolute atomic E-state index is 0.182. The molecule has 2 atom stereocenters. The van der Waals surface area contributed by atoms with E-state index in [4.69, 9.17) is 10.5 Å². The van der Waals surface area contributed by atoms with Crippen molar-refractivity contribution in [3.8, 4) is 5.75 Å². The van der Waals surface area contributed by atoms with Crippen LogP contribution in [0.4, 0.5) is 4.39 Å². The number of nitrogens with one attached hydrogen (secondary N) is 1. The van der Waals surface area contributed by atoms with E-state index in [-0.39, 0.29) is 17.8 Å². The highest BCUT2D eigenvalue weighted by Crippen LogP contribution is 2.25. The number of halogens is 1. The monoisotopic (exact) mass is 282 g/mol. The summed E-state index contributed by atoms with van der Waals surface area (Å²) in [5.74, 6) is -0.109. The fourth-order valence-electron chi connectivity index (χ4n) is 1.76. The number of benzene rings is 1. The van der Waals surface area contributed by atoms with Gasteiger partial charge in [0.1, 0.15) is 11.6 Å². The van der Waals surface area contributed by atoms with Gasteiger partial charge in [-0.05, 0) is 38.5 Å². The maximum Gasteiger partial charge on any atom is 0.260 e. The third kappa shape index (κ3) is 4.81. The van der Waals surface area contributed by atoms with E-state index in [1.807, 2.05) is 0 Å². The minimum atomic E-state index is -0.644. The Morgan fingerprint density at radius 2 is 2.15 bits per heavy atom. The molecular weight excluding hydrogens is 259 g/mol. The van der Waals surface area contributed by atoms with Crippen molar-refractivity contribution < 1.29 is 13.9 Å². The molecule has 3 N–H and O–H groups in total. The van der Waals surface area contributed by atoms with Gasteiger partial charge in [-0.2, -0.15) is 0 Å². The number of nitrogens with two attached hydrogens (primary N) is 1. The van der Waals surface area contributed by atoms with Crippen molar-refractivity contribution in [2.24, 2.45) is 5.73 Å². The second-order valence-electron chi connectivity index (χ2n) is 4.88. The molecule has 0 aromatic heterocycles. The van der Waals surface area contributed by atoms with E-state index < -0.39 is 6.10 Å². The van der Waals surface area contributed by atoms with Gasteiger partial charge in [0, 0.05) is 18.2 Å². The summed E-state index contributed by atoms with van der Waals surface area (Å²) in [6, 6.07) is 3.77. The van der Waals surface area contributed by atoms with Gasteiger partial charge in [-0.1, -0.05) is 13.3 Å². The van der Waals surface area contributed by atoms with Crippen LogP contribution in [0.3, 0.4) is 0 Å². The summed E-state index contributed by atoms with van der Waals surface area (Å²) < 4.78 is 18.8. The molecule has 0 saturated carbocycles. The minimum Gasteiger partial charge on any atom is -0.481 e. The number of carbonyl (C=O) groups excluding carboxylic acids is 1. The first-order valence-corrected chi connectivity index (χ1v) is 6.95. The van der Waals surface area contributed by atoms with Gasteiger partial charge in [-0.3, -0.25) is 4.79 Å². The predicted octanol–water partition coefficient (Wildman–Crippen LogP) is 2.53. The highest BCUT2D eigenvalue weighted by molar-refractivity contribution is 5.80. The summed E-state index contributed by atoms with van der Waals surface area (Å²) >= 11 is 0. The molecular formula is C15H23FN2O2. The van der Waals surface area contributed by atoms with Crippen molar-refractivity contribution in [1.29, 1.82) is 0 Å². The van der Waals surface area contributed by atoms with Crippen LogP contribution in [0.1, 0.15) is 45.2 Å². The fourth-order valence-corrected chi connectivity index (χ4v) is 1.76. The van der Waals surface area contributed by atoms with Crippen LogP contribution in [0.25, 0.3) is 0 Å². The lowest BCUT2D eigenvalue weighted by atomic mass is 10.1. The molecule has 4 nitrogen and oxygen atoms in total. The van der Waals surface area contributed by atoms with E-state index in [9.17, 15) is 9.18 Å². The van der Waals surface area contributed by atoms with Crippen LogP contribution in [-0.4, -0.2) is 18.6 Å². The Balaban J connectivity index is 2.70. The highest BCUT2D eigenvalue weighted by Gasteiger charge is 2.17. The van der Waals surface area contributed by atoms with Gasteiger partial charge in [0.25, 0.3) is 5.91 Å². The molecule has 0 heterocycles. The lowest BCUT2D eigenvalue weighted by Crippen LogP contribution is -2.37. The zero-order valence-corrected chi connectivity index (χ0v) is 12.3. The van der Waals surface area contributed by atoms with Crippen molar-refractivity contribution in [3.05, 3.63) is 29.6 Å². The molecule has 1 amide bonds. The third-order valence-electron chi connectivity index (χ3n) is 2.96. The second-order valence-corrected chi connectivity index (χ2v) is 4.88. The average molecular weight is 282 g/mol. The van der Waals surface area contributed by atoms with Crippen molar-refractivity contribution >= 4 is 5.91 Å². The van der Waals surface area contributed by atoms with Gasteiger partial charge in [0.2, 0.25) is 0 Å². The van der Waals surface area contributed by atoms with E-state index in [0.29, 0.717) is 17.9 Å². The number of amides is 1. The quantitative estimate of drug-likeness (QED) is 0.755. The Hall–Kier alpha value is -1.62. The average Bonchev–Trinajstić information content (AvgIpc) is 2.40. The number of hydrogen-bond acceptors (Lipinski definition) is 3. The predicted molar refractivity (Wildman–Crippen MR) is 77.0 cm³/mol. The van der Waals surface area contributed by atoms with Crippen molar-refractivity contribution in [2.45, 2.75) is 45.8 Å². The number of rotatable bonds is 7. The van der Waals surface area contributed by atoms with Crippen molar-refractivity contribution in [2.75, 3.05) is 6.54 Å². The first kappa shape index (κ1) is 16.4. The molecule has 0 aliphatic heterocycles. The molecule has 1 aromatic carbocycles. The van der Waals surface area contributed by atoms with Crippen LogP contribution in [0.2, 0.25) is 0 Å². The van der Waals surface area contributed by atoms with Gasteiger partial charge in [0.05, 0.1) is 0 Å². The van der Waals surface area contributed by atoms with Crippen LogP contribution in [0.15, 0.2) is 18.2 Å².